The van der Waals surface area contributed by atoms with Crippen LogP contribution >= 0.6 is 0 Å². The van der Waals surface area contributed by atoms with E-state index in [1.54, 1.807) is 7.11 Å². The van der Waals surface area contributed by atoms with Crippen LogP contribution in [0, 0.1) is 0 Å². The highest BCUT2D eigenvalue weighted by Crippen LogP contribution is 2.34. The maximum Gasteiger partial charge on any atom is 0.425 e. The van der Waals surface area contributed by atoms with E-state index >= 15 is 0 Å². The summed E-state index contributed by atoms with van der Waals surface area (Å²) in [5, 5.41) is 0. The predicted octanol–water partition coefficient (Wildman–Crippen LogP) is 4.93. The quantitative estimate of drug-likeness (QED) is 0.563. The van der Waals surface area contributed by atoms with Crippen molar-refractivity contribution in [1.29, 1.82) is 0 Å². The van der Waals surface area contributed by atoms with Crippen molar-refractivity contribution >= 4 is 11.9 Å². The number of carbonyl (C=O) groups excluding carboxylic acids is 2. The van der Waals surface area contributed by atoms with E-state index in [1.165, 1.54) is 5.56 Å². The maximum absolute atomic E-state index is 12.3. The van der Waals surface area contributed by atoms with E-state index in [-0.39, 0.29) is 25.4 Å². The van der Waals surface area contributed by atoms with Gasteiger partial charge in [0.25, 0.3) is 0 Å². The molecular formula is C21H27F3O5. The fourth-order valence-electron chi connectivity index (χ4n) is 3.33. The van der Waals surface area contributed by atoms with E-state index in [1.807, 2.05) is 12.1 Å². The van der Waals surface area contributed by atoms with Gasteiger partial charge in [-0.25, -0.2) is 0 Å². The van der Waals surface area contributed by atoms with E-state index in [0.717, 1.165) is 38.4 Å². The number of rotatable bonds is 8. The topological polar surface area (TPSA) is 61.8 Å². The van der Waals surface area contributed by atoms with Gasteiger partial charge in [-0.15, -0.1) is 0 Å². The molecular weight excluding hydrogens is 389 g/mol. The second-order valence-corrected chi connectivity index (χ2v) is 7.26. The lowest BCUT2D eigenvalue weighted by molar-refractivity contribution is -0.216. The Morgan fingerprint density at radius 2 is 1.62 bits per heavy atom. The Bertz CT molecular complexity index is 664. The van der Waals surface area contributed by atoms with Crippen molar-refractivity contribution in [2.24, 2.45) is 0 Å². The van der Waals surface area contributed by atoms with Gasteiger partial charge in [-0.05, 0) is 62.6 Å². The van der Waals surface area contributed by atoms with E-state index in [0.29, 0.717) is 5.92 Å². The van der Waals surface area contributed by atoms with Crippen molar-refractivity contribution in [3.63, 3.8) is 0 Å². The van der Waals surface area contributed by atoms with Gasteiger partial charge in [0.05, 0.1) is 7.11 Å². The molecule has 0 bridgehead atoms. The number of ether oxygens (including phenoxy) is 3. The normalized spacial score (nSPS) is 20.6. The Morgan fingerprint density at radius 3 is 2.17 bits per heavy atom. The summed E-state index contributed by atoms with van der Waals surface area (Å²) in [5.74, 6) is -0.174. The lowest BCUT2D eigenvalue weighted by Gasteiger charge is -2.28. The van der Waals surface area contributed by atoms with Gasteiger partial charge in [-0.2, -0.15) is 13.2 Å². The molecule has 1 fully saturated rings. The third kappa shape index (κ3) is 7.59. The Kier molecular flexibility index (Phi) is 8.34. The molecule has 1 aromatic carbocycles. The number of methoxy groups -OCH3 is 1. The molecule has 1 saturated carbocycles. The van der Waals surface area contributed by atoms with Gasteiger partial charge in [-0.1, -0.05) is 12.1 Å². The third-order valence-corrected chi connectivity index (χ3v) is 5.09. The molecule has 8 heteroatoms. The first-order valence-corrected chi connectivity index (χ1v) is 9.78. The number of alkyl halides is 3. The molecule has 0 aliphatic heterocycles. The Hall–Kier alpha value is -2.25. The maximum atomic E-state index is 12.3. The molecule has 1 aromatic rings. The second kappa shape index (κ2) is 10.5. The summed E-state index contributed by atoms with van der Waals surface area (Å²) in [6.45, 7) is 0.772. The Balaban J connectivity index is 1.64. The van der Waals surface area contributed by atoms with Crippen molar-refractivity contribution in [2.75, 3.05) is 7.11 Å². The Labute approximate surface area is 168 Å². The van der Waals surface area contributed by atoms with Gasteiger partial charge in [0.15, 0.2) is 6.10 Å². The van der Waals surface area contributed by atoms with Crippen LogP contribution in [0.3, 0.4) is 0 Å². The zero-order valence-electron chi connectivity index (χ0n) is 16.7. The van der Waals surface area contributed by atoms with Crippen LogP contribution in [0.2, 0.25) is 0 Å². The van der Waals surface area contributed by atoms with Crippen LogP contribution in [0.1, 0.15) is 63.4 Å². The molecule has 0 aromatic heterocycles. The fraction of sp³-hybridized carbons (Fsp3) is 0.619. The molecule has 29 heavy (non-hydrogen) atoms. The van der Waals surface area contributed by atoms with Crippen LogP contribution in [0.25, 0.3) is 0 Å². The van der Waals surface area contributed by atoms with Crippen molar-refractivity contribution in [2.45, 2.75) is 76.2 Å². The van der Waals surface area contributed by atoms with Gasteiger partial charge in [0, 0.05) is 12.8 Å². The zero-order chi connectivity index (χ0) is 21.4. The van der Waals surface area contributed by atoms with Gasteiger partial charge in [0.1, 0.15) is 11.9 Å². The summed E-state index contributed by atoms with van der Waals surface area (Å²) in [4.78, 5) is 23.3. The van der Waals surface area contributed by atoms with Gasteiger partial charge >= 0.3 is 18.1 Å². The van der Waals surface area contributed by atoms with Crippen LogP contribution < -0.4 is 4.74 Å². The number of halogens is 3. The molecule has 0 amide bonds. The van der Waals surface area contributed by atoms with E-state index in [2.05, 4.69) is 16.9 Å². The number of hydrogen-bond donors (Lipinski definition) is 0. The highest BCUT2D eigenvalue weighted by molar-refractivity contribution is 5.72. The van der Waals surface area contributed by atoms with Crippen LogP contribution in [0.5, 0.6) is 5.75 Å². The summed E-state index contributed by atoms with van der Waals surface area (Å²) in [6, 6.07) is 7.97. The lowest BCUT2D eigenvalue weighted by atomic mass is 9.83. The molecule has 0 saturated heterocycles. The number of esters is 2. The summed E-state index contributed by atoms with van der Waals surface area (Å²) < 4.78 is 51.9. The SMILES string of the molecule is COc1ccc(C2CCC(OC(=O)CCCC(=O)OC(C)C(F)(F)F)CC2)cc1. The molecule has 1 atom stereocenters. The van der Waals surface area contributed by atoms with Crippen molar-refractivity contribution < 1.29 is 37.0 Å². The summed E-state index contributed by atoms with van der Waals surface area (Å²) >= 11 is 0. The van der Waals surface area contributed by atoms with E-state index in [4.69, 9.17) is 9.47 Å². The molecule has 2 rings (SSSR count). The van der Waals surface area contributed by atoms with Gasteiger partial charge in [-0.3, -0.25) is 9.59 Å². The largest absolute Gasteiger partial charge is 0.497 e. The molecule has 1 unspecified atom stereocenters. The van der Waals surface area contributed by atoms with Crippen molar-refractivity contribution in [1.82, 2.24) is 0 Å². The third-order valence-electron chi connectivity index (χ3n) is 5.09. The van der Waals surface area contributed by atoms with E-state index < -0.39 is 24.2 Å². The van der Waals surface area contributed by atoms with Crippen LogP contribution in [-0.2, 0) is 19.1 Å². The average molecular weight is 416 g/mol. The van der Waals surface area contributed by atoms with Crippen LogP contribution in [0.4, 0.5) is 13.2 Å². The van der Waals surface area contributed by atoms with Crippen molar-refractivity contribution in [3.8, 4) is 5.75 Å². The molecule has 0 heterocycles. The molecule has 0 radical (unpaired) electrons. The number of carbonyl (C=O) groups is 2. The molecule has 1 aliphatic carbocycles. The molecule has 5 nitrogen and oxygen atoms in total. The predicted molar refractivity (Wildman–Crippen MR) is 99.5 cm³/mol. The lowest BCUT2D eigenvalue weighted by Crippen LogP contribution is -2.30. The minimum Gasteiger partial charge on any atom is -0.497 e. The van der Waals surface area contributed by atoms with Crippen LogP contribution in [-0.4, -0.2) is 37.4 Å². The molecule has 0 spiro atoms. The second-order valence-electron chi connectivity index (χ2n) is 7.26. The first-order valence-electron chi connectivity index (χ1n) is 9.78. The first kappa shape index (κ1) is 23.0. The summed E-state index contributed by atoms with van der Waals surface area (Å²) in [5.41, 5.74) is 1.24. The molecule has 162 valence electrons. The highest BCUT2D eigenvalue weighted by atomic mass is 19.4. The van der Waals surface area contributed by atoms with Gasteiger partial charge in [0.2, 0.25) is 0 Å². The summed E-state index contributed by atoms with van der Waals surface area (Å²) in [7, 11) is 1.63. The minimum atomic E-state index is -4.58. The fourth-order valence-corrected chi connectivity index (χ4v) is 3.33. The van der Waals surface area contributed by atoms with Crippen molar-refractivity contribution in [3.05, 3.63) is 29.8 Å². The average Bonchev–Trinajstić information content (AvgIpc) is 2.68. The molecule has 1 aliphatic rings. The molecule has 0 N–H and O–H groups in total. The van der Waals surface area contributed by atoms with Crippen LogP contribution in [0.15, 0.2) is 24.3 Å². The number of hydrogen-bond acceptors (Lipinski definition) is 5. The standard InChI is InChI=1S/C21H27F3O5/c1-14(21(22,23)24)28-19(25)4-3-5-20(26)29-18-12-8-16(9-13-18)15-6-10-17(27-2)11-7-15/h6-7,10-11,14,16,18H,3-5,8-9,12-13H2,1-2H3. The van der Waals surface area contributed by atoms with E-state index in [9.17, 15) is 22.8 Å². The number of benzene rings is 1. The zero-order valence-corrected chi connectivity index (χ0v) is 16.7. The highest BCUT2D eigenvalue weighted by Gasteiger charge is 2.39. The minimum absolute atomic E-state index is 0.0199. The Morgan fingerprint density at radius 1 is 1.03 bits per heavy atom. The first-order chi connectivity index (χ1) is 13.7. The monoisotopic (exact) mass is 416 g/mol. The smallest absolute Gasteiger partial charge is 0.425 e. The van der Waals surface area contributed by atoms with Gasteiger partial charge < -0.3 is 14.2 Å². The summed E-state index contributed by atoms with van der Waals surface area (Å²) in [6.07, 6.45) is -3.73.